The molecule has 160 valence electrons. The minimum Gasteiger partial charge on any atom is -0.478 e. The van der Waals surface area contributed by atoms with Crippen LogP contribution in [0, 0.1) is 0 Å². The monoisotopic (exact) mass is 419 g/mol. The summed E-state index contributed by atoms with van der Waals surface area (Å²) >= 11 is 0. The maximum atomic E-state index is 12.9. The Morgan fingerprint density at radius 2 is 1.71 bits per heavy atom. The highest BCUT2D eigenvalue weighted by Gasteiger charge is 2.30. The molecule has 2 aromatic carbocycles. The largest absolute Gasteiger partial charge is 0.478 e. The summed E-state index contributed by atoms with van der Waals surface area (Å²) in [5.74, 6) is -0.582. The fraction of sp³-hybridized carbons (Fsp3) is 0.292. The van der Waals surface area contributed by atoms with Crippen LogP contribution in [-0.4, -0.2) is 58.6 Å². The smallest absolute Gasteiger partial charge is 0.347 e. The van der Waals surface area contributed by atoms with Gasteiger partial charge in [-0.3, -0.25) is 4.79 Å². The Labute approximate surface area is 180 Å². The average molecular weight is 419 g/mol. The van der Waals surface area contributed by atoms with Crippen molar-refractivity contribution in [3.05, 3.63) is 66.4 Å². The Morgan fingerprint density at radius 1 is 0.968 bits per heavy atom. The molecule has 0 bridgehead atoms. The lowest BCUT2D eigenvalue weighted by atomic mass is 10.1. The third kappa shape index (κ3) is 4.45. The molecular formula is C24H25N3O4. The molecule has 31 heavy (non-hydrogen) atoms. The first kappa shape index (κ1) is 20.7. The number of hydrogen-bond donors (Lipinski definition) is 1. The molecule has 1 N–H and O–H groups in total. The molecule has 0 spiro atoms. The maximum absolute atomic E-state index is 12.9. The van der Waals surface area contributed by atoms with Crippen LogP contribution in [0.1, 0.15) is 24.3 Å². The van der Waals surface area contributed by atoms with Crippen LogP contribution < -0.4 is 9.64 Å². The number of aliphatic carboxylic acids is 1. The molecule has 1 fully saturated rings. The van der Waals surface area contributed by atoms with Gasteiger partial charge in [-0.2, -0.15) is 0 Å². The van der Waals surface area contributed by atoms with Gasteiger partial charge in [0.1, 0.15) is 11.4 Å². The quantitative estimate of drug-likeness (QED) is 0.682. The summed E-state index contributed by atoms with van der Waals surface area (Å²) in [6, 6.07) is 18.9. The molecule has 0 atom stereocenters. The number of nitrogens with zero attached hydrogens (tertiary/aromatic N) is 3. The normalized spacial score (nSPS) is 14.5. The Morgan fingerprint density at radius 3 is 2.45 bits per heavy atom. The summed E-state index contributed by atoms with van der Waals surface area (Å²) < 4.78 is 5.65. The maximum Gasteiger partial charge on any atom is 0.347 e. The predicted octanol–water partition coefficient (Wildman–Crippen LogP) is 3.44. The van der Waals surface area contributed by atoms with E-state index in [0.717, 1.165) is 16.6 Å². The Kier molecular flexibility index (Phi) is 5.50. The number of carboxylic acids is 1. The molecule has 0 radical (unpaired) electrons. The van der Waals surface area contributed by atoms with E-state index in [2.05, 4.69) is 9.88 Å². The van der Waals surface area contributed by atoms with Gasteiger partial charge in [0.2, 0.25) is 0 Å². The second-order valence-electron chi connectivity index (χ2n) is 8.08. The van der Waals surface area contributed by atoms with Crippen LogP contribution in [0.15, 0.2) is 60.7 Å². The van der Waals surface area contributed by atoms with Crippen LogP contribution in [-0.2, 0) is 4.79 Å². The van der Waals surface area contributed by atoms with Crippen LogP contribution in [0.2, 0.25) is 0 Å². The zero-order chi connectivity index (χ0) is 22.0. The lowest BCUT2D eigenvalue weighted by Gasteiger charge is -2.36. The van der Waals surface area contributed by atoms with E-state index in [9.17, 15) is 14.7 Å². The summed E-state index contributed by atoms with van der Waals surface area (Å²) in [5, 5.41) is 10.3. The highest BCUT2D eigenvalue weighted by atomic mass is 16.5. The summed E-state index contributed by atoms with van der Waals surface area (Å²) in [7, 11) is 0. The molecule has 7 heteroatoms. The van der Waals surface area contributed by atoms with Gasteiger partial charge in [-0.25, -0.2) is 9.78 Å². The average Bonchev–Trinajstić information content (AvgIpc) is 2.78. The number of aromatic nitrogens is 1. The van der Waals surface area contributed by atoms with E-state index in [1.807, 2.05) is 53.4 Å². The number of carboxylic acid groups (broad SMARTS) is 1. The van der Waals surface area contributed by atoms with E-state index in [-0.39, 0.29) is 5.91 Å². The third-order valence-corrected chi connectivity index (χ3v) is 5.46. The zero-order valence-electron chi connectivity index (χ0n) is 17.6. The number of ether oxygens (including phenoxy) is 1. The molecule has 0 unspecified atom stereocenters. The number of amides is 1. The van der Waals surface area contributed by atoms with E-state index in [1.54, 1.807) is 12.1 Å². The van der Waals surface area contributed by atoms with Crippen molar-refractivity contribution in [1.29, 1.82) is 0 Å². The van der Waals surface area contributed by atoms with Crippen molar-refractivity contribution in [2.75, 3.05) is 31.1 Å². The fourth-order valence-corrected chi connectivity index (χ4v) is 3.60. The van der Waals surface area contributed by atoms with Crippen LogP contribution in [0.3, 0.4) is 0 Å². The summed E-state index contributed by atoms with van der Waals surface area (Å²) in [5.41, 5.74) is 0.900. The molecule has 2 heterocycles. The van der Waals surface area contributed by atoms with Gasteiger partial charge < -0.3 is 19.6 Å². The lowest BCUT2D eigenvalue weighted by molar-refractivity contribution is -0.152. The molecule has 4 rings (SSSR count). The van der Waals surface area contributed by atoms with Gasteiger partial charge >= 0.3 is 5.97 Å². The number of carbonyl (C=O) groups excluding carboxylic acids is 1. The van der Waals surface area contributed by atoms with Crippen molar-refractivity contribution in [1.82, 2.24) is 9.88 Å². The van der Waals surface area contributed by atoms with Crippen LogP contribution in [0.25, 0.3) is 10.9 Å². The van der Waals surface area contributed by atoms with Crippen molar-refractivity contribution >= 4 is 28.5 Å². The van der Waals surface area contributed by atoms with Crippen LogP contribution in [0.4, 0.5) is 5.69 Å². The number of fused-ring (bicyclic) bond motifs is 1. The summed E-state index contributed by atoms with van der Waals surface area (Å²) in [6.07, 6.45) is 0. The summed E-state index contributed by atoms with van der Waals surface area (Å²) in [4.78, 5) is 32.8. The molecule has 0 aliphatic carbocycles. The number of anilines is 1. The first-order chi connectivity index (χ1) is 14.8. The third-order valence-electron chi connectivity index (χ3n) is 5.46. The van der Waals surface area contributed by atoms with E-state index < -0.39 is 11.6 Å². The number of pyridine rings is 1. The minimum absolute atomic E-state index is 0.0642. The molecule has 7 nitrogen and oxygen atoms in total. The standard InChI is InChI=1S/C24H25N3O4/c1-24(2,23(29)30)31-19-8-5-7-18(16-19)26-12-14-27(15-13-26)22(28)21-11-10-17-6-3-4-9-20(17)25-21/h3-11,16H,12-15H2,1-2H3,(H,29,30). The molecule has 1 aliphatic rings. The Balaban J connectivity index is 1.42. The van der Waals surface area contributed by atoms with Crippen LogP contribution in [0.5, 0.6) is 5.75 Å². The van der Waals surface area contributed by atoms with Gasteiger partial charge in [-0.15, -0.1) is 0 Å². The van der Waals surface area contributed by atoms with E-state index >= 15 is 0 Å². The number of para-hydroxylation sites is 1. The molecule has 1 saturated heterocycles. The van der Waals surface area contributed by atoms with Crippen molar-refractivity contribution in [2.45, 2.75) is 19.4 Å². The molecule has 1 aromatic heterocycles. The highest BCUT2D eigenvalue weighted by molar-refractivity contribution is 5.95. The molecule has 1 aliphatic heterocycles. The van der Waals surface area contributed by atoms with Gasteiger partial charge in [0.25, 0.3) is 5.91 Å². The molecule has 1 amide bonds. The van der Waals surface area contributed by atoms with Gasteiger partial charge in [0.05, 0.1) is 5.52 Å². The summed E-state index contributed by atoms with van der Waals surface area (Å²) in [6.45, 7) is 5.55. The number of rotatable bonds is 5. The van der Waals surface area contributed by atoms with Crippen molar-refractivity contribution < 1.29 is 19.4 Å². The van der Waals surface area contributed by atoms with E-state index in [1.165, 1.54) is 13.8 Å². The van der Waals surface area contributed by atoms with E-state index in [4.69, 9.17) is 4.74 Å². The first-order valence-electron chi connectivity index (χ1n) is 10.3. The molecule has 3 aromatic rings. The fourth-order valence-electron chi connectivity index (χ4n) is 3.60. The number of hydrogen-bond acceptors (Lipinski definition) is 5. The Bertz CT molecular complexity index is 1120. The van der Waals surface area contributed by atoms with Gasteiger partial charge in [0, 0.05) is 43.3 Å². The lowest BCUT2D eigenvalue weighted by Crippen LogP contribution is -2.49. The van der Waals surface area contributed by atoms with Crippen LogP contribution >= 0.6 is 0 Å². The van der Waals surface area contributed by atoms with Gasteiger partial charge in [-0.1, -0.05) is 30.3 Å². The Hall–Kier alpha value is -3.61. The van der Waals surface area contributed by atoms with E-state index in [0.29, 0.717) is 37.6 Å². The zero-order valence-corrected chi connectivity index (χ0v) is 17.6. The van der Waals surface area contributed by atoms with Gasteiger partial charge in [0.15, 0.2) is 5.60 Å². The molecule has 0 saturated carbocycles. The number of benzene rings is 2. The SMILES string of the molecule is CC(C)(Oc1cccc(N2CCN(C(=O)c3ccc4ccccc4n3)CC2)c1)C(=O)O. The van der Waals surface area contributed by atoms with Crippen molar-refractivity contribution in [2.24, 2.45) is 0 Å². The van der Waals surface area contributed by atoms with Crippen molar-refractivity contribution in [3.63, 3.8) is 0 Å². The first-order valence-corrected chi connectivity index (χ1v) is 10.3. The second kappa shape index (κ2) is 8.26. The molecular weight excluding hydrogens is 394 g/mol. The highest BCUT2D eigenvalue weighted by Crippen LogP contribution is 2.26. The van der Waals surface area contributed by atoms with Gasteiger partial charge in [-0.05, 0) is 38.1 Å². The predicted molar refractivity (Wildman–Crippen MR) is 119 cm³/mol. The van der Waals surface area contributed by atoms with Crippen molar-refractivity contribution in [3.8, 4) is 5.75 Å². The number of piperazine rings is 1. The topological polar surface area (TPSA) is 83.0 Å². The minimum atomic E-state index is -1.31. The number of carbonyl (C=O) groups is 2. The second-order valence-corrected chi connectivity index (χ2v) is 8.08.